The molecule has 0 heterocycles. The van der Waals surface area contributed by atoms with Crippen LogP contribution >= 0.6 is 0 Å². The Bertz CT molecular complexity index is 520. The number of carbonyl (C=O) groups excluding carboxylic acids is 1. The monoisotopic (exact) mass is 349 g/mol. The average molecular weight is 349 g/mol. The third-order valence-corrected chi connectivity index (χ3v) is 3.27. The molecule has 0 aromatic heterocycles. The highest BCUT2D eigenvalue weighted by molar-refractivity contribution is 6.58. The Morgan fingerprint density at radius 2 is 1.92 bits per heavy atom. The summed E-state index contributed by atoms with van der Waals surface area (Å²) in [6, 6.07) is 6.76. The summed E-state index contributed by atoms with van der Waals surface area (Å²) in [6.45, 7) is 6.48. The van der Waals surface area contributed by atoms with E-state index in [-0.39, 0.29) is 6.73 Å². The van der Waals surface area contributed by atoms with Crippen molar-refractivity contribution in [3.63, 3.8) is 0 Å². The maximum Gasteiger partial charge on any atom is 0.488 e. The Labute approximate surface area is 150 Å². The van der Waals surface area contributed by atoms with E-state index in [4.69, 9.17) is 25.2 Å². The highest BCUT2D eigenvalue weighted by Gasteiger charge is 2.22. The van der Waals surface area contributed by atoms with Crippen LogP contribution in [0.2, 0.25) is 6.32 Å². The van der Waals surface area contributed by atoms with Crippen LogP contribution < -0.4 is 11.2 Å². The minimum atomic E-state index is -1.51. The number of nitrogens with two attached hydrogens (primary N) is 1. The lowest BCUT2D eigenvalue weighted by molar-refractivity contribution is 0.0233. The maximum absolute atomic E-state index is 12.4. The summed E-state index contributed by atoms with van der Waals surface area (Å²) in [6.07, 6.45) is 0.997. The maximum atomic E-state index is 12.4. The van der Waals surface area contributed by atoms with Crippen molar-refractivity contribution in [1.82, 2.24) is 4.90 Å². The van der Waals surface area contributed by atoms with Gasteiger partial charge in [-0.15, -0.1) is 0 Å². The van der Waals surface area contributed by atoms with Gasteiger partial charge in [-0.05, 0) is 44.5 Å². The molecule has 1 rings (SSSR count). The van der Waals surface area contributed by atoms with Gasteiger partial charge in [0.1, 0.15) is 5.60 Å². The standard InChI is InChI=1S/C16H27B2N2O5/c1-16(2,3)25-15(21)20(10-4-9-17-24-12-19)11-13-5-7-14(8-6-13)18(22)23/h5-8,22-23H,4,9-12,19H2,1-3H3. The SMILES string of the molecule is CC(C)(C)OC(=O)N(CCC[B]OCN)Cc1ccc(B(O)O)cc1. The zero-order valence-corrected chi connectivity index (χ0v) is 15.1. The van der Waals surface area contributed by atoms with Crippen molar-refractivity contribution in [2.45, 2.75) is 45.7 Å². The third kappa shape index (κ3) is 8.92. The molecule has 25 heavy (non-hydrogen) atoms. The lowest BCUT2D eigenvalue weighted by Crippen LogP contribution is -2.37. The van der Waals surface area contributed by atoms with Gasteiger partial charge in [-0.2, -0.15) is 0 Å². The second-order valence-corrected chi connectivity index (χ2v) is 6.66. The van der Waals surface area contributed by atoms with E-state index in [2.05, 4.69) is 0 Å². The first-order valence-electron chi connectivity index (χ1n) is 8.29. The van der Waals surface area contributed by atoms with Crippen molar-refractivity contribution in [1.29, 1.82) is 0 Å². The molecule has 9 heteroatoms. The number of amides is 1. The Morgan fingerprint density at radius 1 is 1.28 bits per heavy atom. The number of benzene rings is 1. The summed E-state index contributed by atoms with van der Waals surface area (Å²) in [5.74, 6) is 0. The lowest BCUT2D eigenvalue weighted by Gasteiger charge is -2.27. The molecule has 1 amide bonds. The van der Waals surface area contributed by atoms with Gasteiger partial charge in [-0.3, -0.25) is 0 Å². The van der Waals surface area contributed by atoms with Gasteiger partial charge < -0.3 is 30.1 Å². The van der Waals surface area contributed by atoms with Crippen LogP contribution in [0.5, 0.6) is 0 Å². The van der Waals surface area contributed by atoms with Gasteiger partial charge in [0.05, 0.1) is 6.73 Å². The molecule has 1 radical (unpaired) electrons. The molecule has 0 aliphatic carbocycles. The fourth-order valence-corrected chi connectivity index (χ4v) is 2.09. The van der Waals surface area contributed by atoms with Crippen LogP contribution in [0.3, 0.4) is 0 Å². The van der Waals surface area contributed by atoms with Crippen LogP contribution in [0, 0.1) is 0 Å². The predicted octanol–water partition coefficient (Wildman–Crippen LogP) is 0.464. The number of carbonyl (C=O) groups is 1. The molecular weight excluding hydrogens is 322 g/mol. The molecule has 0 saturated carbocycles. The Hall–Kier alpha value is -1.54. The van der Waals surface area contributed by atoms with Gasteiger partial charge in [0.2, 0.25) is 0 Å². The van der Waals surface area contributed by atoms with Gasteiger partial charge in [0.15, 0.2) is 0 Å². The molecule has 0 spiro atoms. The minimum Gasteiger partial charge on any atom is -0.444 e. The smallest absolute Gasteiger partial charge is 0.444 e. The number of hydrogen-bond acceptors (Lipinski definition) is 6. The largest absolute Gasteiger partial charge is 0.488 e. The highest BCUT2D eigenvalue weighted by Crippen LogP contribution is 2.13. The normalized spacial score (nSPS) is 11.1. The number of ether oxygens (including phenoxy) is 1. The molecule has 1 aromatic rings. The molecule has 0 bridgehead atoms. The van der Waals surface area contributed by atoms with Gasteiger partial charge in [0, 0.05) is 13.1 Å². The minimum absolute atomic E-state index is 0.138. The van der Waals surface area contributed by atoms with Crippen molar-refractivity contribution >= 4 is 26.2 Å². The Kier molecular flexibility index (Phi) is 8.99. The average Bonchev–Trinajstić information content (AvgIpc) is 2.52. The molecule has 0 saturated heterocycles. The van der Waals surface area contributed by atoms with Crippen LogP contribution in [-0.2, 0) is 15.9 Å². The van der Waals surface area contributed by atoms with E-state index in [0.29, 0.717) is 31.3 Å². The van der Waals surface area contributed by atoms with Crippen LogP contribution in [-0.4, -0.2) is 54.5 Å². The van der Waals surface area contributed by atoms with Crippen molar-refractivity contribution in [3.05, 3.63) is 29.8 Å². The number of hydrogen-bond donors (Lipinski definition) is 3. The summed E-state index contributed by atoms with van der Waals surface area (Å²) in [5, 5.41) is 18.3. The highest BCUT2D eigenvalue weighted by atomic mass is 16.6. The van der Waals surface area contributed by atoms with Crippen molar-refractivity contribution in [2.75, 3.05) is 13.3 Å². The van der Waals surface area contributed by atoms with Crippen LogP contribution in [0.4, 0.5) is 4.79 Å². The van der Waals surface area contributed by atoms with Crippen LogP contribution in [0.25, 0.3) is 0 Å². The number of nitrogens with zero attached hydrogens (tertiary/aromatic N) is 1. The van der Waals surface area contributed by atoms with Crippen molar-refractivity contribution in [3.8, 4) is 0 Å². The first kappa shape index (κ1) is 21.5. The van der Waals surface area contributed by atoms with E-state index in [0.717, 1.165) is 5.56 Å². The van der Waals surface area contributed by atoms with Crippen molar-refractivity contribution in [2.24, 2.45) is 5.73 Å². The van der Waals surface area contributed by atoms with Gasteiger partial charge in [-0.25, -0.2) is 4.79 Å². The summed E-state index contributed by atoms with van der Waals surface area (Å²) in [7, 11) is 0.124. The number of rotatable bonds is 9. The molecule has 137 valence electrons. The fraction of sp³-hybridized carbons (Fsp3) is 0.562. The predicted molar refractivity (Wildman–Crippen MR) is 98.2 cm³/mol. The topological polar surface area (TPSA) is 105 Å². The quantitative estimate of drug-likeness (QED) is 0.340. The van der Waals surface area contributed by atoms with Crippen molar-refractivity contribution < 1.29 is 24.2 Å². The van der Waals surface area contributed by atoms with Crippen LogP contribution in [0.15, 0.2) is 24.3 Å². The molecule has 1 aromatic carbocycles. The lowest BCUT2D eigenvalue weighted by atomic mass is 9.80. The van der Waals surface area contributed by atoms with Crippen LogP contribution in [0.1, 0.15) is 32.8 Å². The zero-order chi connectivity index (χ0) is 18.9. The van der Waals surface area contributed by atoms with Gasteiger partial charge >= 0.3 is 13.2 Å². The second-order valence-electron chi connectivity index (χ2n) is 6.66. The molecule has 7 nitrogen and oxygen atoms in total. The second kappa shape index (κ2) is 10.5. The first-order chi connectivity index (χ1) is 11.7. The molecular formula is C16H27B2N2O5. The summed E-state index contributed by atoms with van der Waals surface area (Å²) < 4.78 is 10.4. The summed E-state index contributed by atoms with van der Waals surface area (Å²) in [5.41, 5.74) is 5.95. The summed E-state index contributed by atoms with van der Waals surface area (Å²) >= 11 is 0. The van der Waals surface area contributed by atoms with E-state index in [1.807, 2.05) is 20.8 Å². The van der Waals surface area contributed by atoms with E-state index >= 15 is 0 Å². The van der Waals surface area contributed by atoms with E-state index in [9.17, 15) is 4.79 Å². The molecule has 4 N–H and O–H groups in total. The molecule has 0 unspecified atom stereocenters. The molecule has 0 atom stereocenters. The first-order valence-corrected chi connectivity index (χ1v) is 8.29. The molecule has 0 aliphatic heterocycles. The fourth-order valence-electron chi connectivity index (χ4n) is 2.09. The third-order valence-electron chi connectivity index (χ3n) is 3.27. The van der Waals surface area contributed by atoms with Gasteiger partial charge in [0.25, 0.3) is 7.48 Å². The zero-order valence-electron chi connectivity index (χ0n) is 15.1. The van der Waals surface area contributed by atoms with E-state index in [1.165, 1.54) is 0 Å². The Morgan fingerprint density at radius 3 is 2.44 bits per heavy atom. The molecule has 0 fully saturated rings. The molecule has 0 aliphatic rings. The summed E-state index contributed by atoms with van der Waals surface area (Å²) in [4.78, 5) is 14.0. The van der Waals surface area contributed by atoms with E-state index < -0.39 is 18.8 Å². The van der Waals surface area contributed by atoms with Gasteiger partial charge in [-0.1, -0.05) is 24.3 Å². The van der Waals surface area contributed by atoms with E-state index in [1.54, 1.807) is 36.6 Å². The Balaban J connectivity index is 2.70.